The first-order chi connectivity index (χ1) is 9.17. The minimum atomic E-state index is -0.0633. The van der Waals surface area contributed by atoms with Gasteiger partial charge in [0.25, 0.3) is 5.91 Å². The van der Waals surface area contributed by atoms with Crippen LogP contribution in [-0.2, 0) is 0 Å². The maximum absolute atomic E-state index is 12.3. The molecule has 1 aliphatic heterocycles. The van der Waals surface area contributed by atoms with Gasteiger partial charge in [-0.1, -0.05) is 0 Å². The van der Waals surface area contributed by atoms with Crippen molar-refractivity contribution in [1.29, 1.82) is 0 Å². The van der Waals surface area contributed by atoms with Crippen LogP contribution in [0.15, 0.2) is 22.6 Å². The third kappa shape index (κ3) is 2.21. The molecule has 1 saturated heterocycles. The van der Waals surface area contributed by atoms with Gasteiger partial charge in [0, 0.05) is 24.8 Å². The van der Waals surface area contributed by atoms with E-state index < -0.39 is 0 Å². The summed E-state index contributed by atoms with van der Waals surface area (Å²) in [6.07, 6.45) is 0.972. The summed E-state index contributed by atoms with van der Waals surface area (Å²) < 4.78 is 5.58. The maximum Gasteiger partial charge on any atom is 0.289 e. The van der Waals surface area contributed by atoms with E-state index in [1.54, 1.807) is 6.07 Å². The van der Waals surface area contributed by atoms with Gasteiger partial charge in [-0.3, -0.25) is 4.79 Å². The monoisotopic (exact) mass is 259 g/mol. The summed E-state index contributed by atoms with van der Waals surface area (Å²) in [4.78, 5) is 18.5. The van der Waals surface area contributed by atoms with Crippen molar-refractivity contribution < 1.29 is 9.21 Å². The number of rotatable bonds is 2. The van der Waals surface area contributed by atoms with Crippen LogP contribution in [0.2, 0.25) is 0 Å². The second-order valence-corrected chi connectivity index (χ2v) is 5.09. The van der Waals surface area contributed by atoms with E-state index in [0.717, 1.165) is 30.7 Å². The summed E-state index contributed by atoms with van der Waals surface area (Å²) in [5.41, 5.74) is 7.95. The van der Waals surface area contributed by atoms with Crippen LogP contribution in [0.1, 0.15) is 22.7 Å². The summed E-state index contributed by atoms with van der Waals surface area (Å²) in [6.45, 7) is 4.02. The average Bonchev–Trinajstić information content (AvgIpc) is 3.03. The second-order valence-electron chi connectivity index (χ2n) is 5.09. The fraction of sp³-hybridized carbons (Fsp3) is 0.429. The molecule has 2 N–H and O–H groups in total. The molecule has 1 unspecified atom stereocenters. The van der Waals surface area contributed by atoms with Crippen molar-refractivity contribution in [2.45, 2.75) is 13.3 Å². The summed E-state index contributed by atoms with van der Waals surface area (Å²) in [6, 6.07) is 5.45. The SMILES string of the molecule is Cc1ccc2oc(C(=O)N3CCC(CN)C3)cc2n1. The highest BCUT2D eigenvalue weighted by Gasteiger charge is 2.28. The van der Waals surface area contributed by atoms with E-state index in [1.165, 1.54) is 0 Å². The van der Waals surface area contributed by atoms with E-state index in [0.29, 0.717) is 23.8 Å². The summed E-state index contributed by atoms with van der Waals surface area (Å²) >= 11 is 0. The van der Waals surface area contributed by atoms with E-state index in [9.17, 15) is 4.79 Å². The number of aromatic nitrogens is 1. The molecular formula is C14H17N3O2. The van der Waals surface area contributed by atoms with Crippen LogP contribution < -0.4 is 5.73 Å². The zero-order valence-electron chi connectivity index (χ0n) is 10.9. The number of likely N-dealkylation sites (tertiary alicyclic amines) is 1. The van der Waals surface area contributed by atoms with Crippen molar-refractivity contribution in [3.63, 3.8) is 0 Å². The van der Waals surface area contributed by atoms with Gasteiger partial charge in [-0.05, 0) is 37.9 Å². The summed E-state index contributed by atoms with van der Waals surface area (Å²) in [7, 11) is 0. The number of carbonyl (C=O) groups excluding carboxylic acids is 1. The third-order valence-electron chi connectivity index (χ3n) is 3.63. The Morgan fingerprint density at radius 1 is 1.58 bits per heavy atom. The van der Waals surface area contributed by atoms with E-state index in [-0.39, 0.29) is 5.91 Å². The number of pyridine rings is 1. The third-order valence-corrected chi connectivity index (χ3v) is 3.63. The average molecular weight is 259 g/mol. The number of hydrogen-bond acceptors (Lipinski definition) is 4. The smallest absolute Gasteiger partial charge is 0.289 e. The lowest BCUT2D eigenvalue weighted by Gasteiger charge is -2.14. The first-order valence-corrected chi connectivity index (χ1v) is 6.54. The van der Waals surface area contributed by atoms with Gasteiger partial charge in [0.15, 0.2) is 11.3 Å². The lowest BCUT2D eigenvalue weighted by molar-refractivity contribution is 0.0758. The Balaban J connectivity index is 1.86. The number of carbonyl (C=O) groups is 1. The molecule has 5 heteroatoms. The van der Waals surface area contributed by atoms with Crippen molar-refractivity contribution >= 4 is 17.0 Å². The molecule has 1 aliphatic rings. The van der Waals surface area contributed by atoms with Gasteiger partial charge in [-0.15, -0.1) is 0 Å². The lowest BCUT2D eigenvalue weighted by Crippen LogP contribution is -2.29. The van der Waals surface area contributed by atoms with E-state index in [2.05, 4.69) is 4.98 Å². The van der Waals surface area contributed by atoms with Gasteiger partial charge in [-0.2, -0.15) is 0 Å². The number of aryl methyl sites for hydroxylation is 1. The van der Waals surface area contributed by atoms with Crippen LogP contribution in [0.5, 0.6) is 0 Å². The number of nitrogens with zero attached hydrogens (tertiary/aromatic N) is 2. The zero-order valence-corrected chi connectivity index (χ0v) is 10.9. The van der Waals surface area contributed by atoms with Gasteiger partial charge >= 0.3 is 0 Å². The van der Waals surface area contributed by atoms with Gasteiger partial charge in [0.1, 0.15) is 5.52 Å². The second kappa shape index (κ2) is 4.66. The minimum absolute atomic E-state index is 0.0633. The van der Waals surface area contributed by atoms with Crippen LogP contribution in [-0.4, -0.2) is 35.4 Å². The van der Waals surface area contributed by atoms with E-state index in [4.69, 9.17) is 10.2 Å². The van der Waals surface area contributed by atoms with E-state index >= 15 is 0 Å². The fourth-order valence-corrected chi connectivity index (χ4v) is 2.50. The first-order valence-electron chi connectivity index (χ1n) is 6.54. The maximum atomic E-state index is 12.3. The van der Waals surface area contributed by atoms with Crippen molar-refractivity contribution in [1.82, 2.24) is 9.88 Å². The molecule has 2 aromatic heterocycles. The van der Waals surface area contributed by atoms with Crippen LogP contribution in [0.3, 0.4) is 0 Å². The zero-order chi connectivity index (χ0) is 13.4. The molecule has 0 spiro atoms. The fourth-order valence-electron chi connectivity index (χ4n) is 2.50. The Bertz CT molecular complexity index is 620. The Hall–Kier alpha value is -1.88. The molecule has 19 heavy (non-hydrogen) atoms. The normalized spacial score (nSPS) is 19.3. The Morgan fingerprint density at radius 2 is 2.42 bits per heavy atom. The first kappa shape index (κ1) is 12.2. The van der Waals surface area contributed by atoms with Crippen LogP contribution in [0.4, 0.5) is 0 Å². The molecule has 0 saturated carbocycles. The van der Waals surface area contributed by atoms with Crippen LogP contribution >= 0.6 is 0 Å². The van der Waals surface area contributed by atoms with Crippen LogP contribution in [0, 0.1) is 12.8 Å². The molecule has 3 rings (SSSR count). The molecule has 0 aromatic carbocycles. The highest BCUT2D eigenvalue weighted by Crippen LogP contribution is 2.22. The van der Waals surface area contributed by atoms with E-state index in [1.807, 2.05) is 24.0 Å². The topological polar surface area (TPSA) is 72.4 Å². The predicted molar refractivity (Wildman–Crippen MR) is 71.8 cm³/mol. The standard InChI is InChI=1S/C14H17N3O2/c1-9-2-3-12-11(16-9)6-13(19-12)14(18)17-5-4-10(7-15)8-17/h2-3,6,10H,4-5,7-8,15H2,1H3. The molecular weight excluding hydrogens is 242 g/mol. The molecule has 1 fully saturated rings. The molecule has 0 radical (unpaired) electrons. The molecule has 100 valence electrons. The number of nitrogens with two attached hydrogens (primary N) is 1. The van der Waals surface area contributed by atoms with Crippen molar-refractivity contribution in [3.8, 4) is 0 Å². The predicted octanol–water partition coefficient (Wildman–Crippen LogP) is 1.56. The van der Waals surface area contributed by atoms with Crippen molar-refractivity contribution in [2.75, 3.05) is 19.6 Å². The summed E-state index contributed by atoms with van der Waals surface area (Å²) in [5, 5.41) is 0. The number of amides is 1. The molecule has 0 bridgehead atoms. The highest BCUT2D eigenvalue weighted by molar-refractivity contribution is 5.95. The summed E-state index contributed by atoms with van der Waals surface area (Å²) in [5.74, 6) is 0.714. The van der Waals surface area contributed by atoms with Gasteiger partial charge < -0.3 is 15.1 Å². The Kier molecular flexibility index (Phi) is 2.98. The van der Waals surface area contributed by atoms with Crippen molar-refractivity contribution in [3.05, 3.63) is 29.7 Å². The van der Waals surface area contributed by atoms with Gasteiger partial charge in [0.05, 0.1) is 0 Å². The largest absolute Gasteiger partial charge is 0.449 e. The minimum Gasteiger partial charge on any atom is -0.449 e. The number of hydrogen-bond donors (Lipinski definition) is 1. The lowest BCUT2D eigenvalue weighted by atomic mass is 10.1. The number of furan rings is 1. The highest BCUT2D eigenvalue weighted by atomic mass is 16.3. The quantitative estimate of drug-likeness (QED) is 0.888. The van der Waals surface area contributed by atoms with Gasteiger partial charge in [0.2, 0.25) is 0 Å². The Morgan fingerprint density at radius 3 is 3.16 bits per heavy atom. The molecule has 0 aliphatic carbocycles. The molecule has 1 atom stereocenters. The molecule has 1 amide bonds. The van der Waals surface area contributed by atoms with Gasteiger partial charge in [-0.25, -0.2) is 4.98 Å². The molecule has 3 heterocycles. The molecule has 2 aromatic rings. The molecule has 5 nitrogen and oxygen atoms in total. The Labute approximate surface area is 111 Å². The number of fused-ring (bicyclic) bond motifs is 1. The van der Waals surface area contributed by atoms with Crippen LogP contribution in [0.25, 0.3) is 11.1 Å². The van der Waals surface area contributed by atoms with Crippen molar-refractivity contribution in [2.24, 2.45) is 11.7 Å².